The van der Waals surface area contributed by atoms with Gasteiger partial charge >= 0.3 is 0 Å². The molecule has 3 rings (SSSR count). The molecule has 1 aliphatic heterocycles. The maximum atomic E-state index is 12.6. The van der Waals surface area contributed by atoms with Crippen LogP contribution in [0.15, 0.2) is 47.4 Å². The number of fused-ring (bicyclic) bond motifs is 1. The minimum Gasteiger partial charge on any atom is -0.486 e. The lowest BCUT2D eigenvalue weighted by atomic mass is 10.0. The summed E-state index contributed by atoms with van der Waals surface area (Å²) in [5.41, 5.74) is 1.34. The number of rotatable bonds is 5. The average molecular weight is 375 g/mol. The van der Waals surface area contributed by atoms with Crippen molar-refractivity contribution in [3.63, 3.8) is 0 Å². The van der Waals surface area contributed by atoms with Gasteiger partial charge in [0.05, 0.1) is 10.9 Å². The molecule has 1 heterocycles. The number of hydrogen-bond donors (Lipinski definition) is 1. The molecular formula is C19H21NO5S. The van der Waals surface area contributed by atoms with Crippen LogP contribution in [0.3, 0.4) is 0 Å². The second-order valence-corrected chi connectivity index (χ2v) is 8.15. The van der Waals surface area contributed by atoms with Gasteiger partial charge in [-0.05, 0) is 42.3 Å². The van der Waals surface area contributed by atoms with Gasteiger partial charge in [-0.15, -0.1) is 0 Å². The lowest BCUT2D eigenvalue weighted by molar-refractivity contribution is 0.0934. The van der Waals surface area contributed by atoms with Crippen LogP contribution in [0.4, 0.5) is 0 Å². The monoisotopic (exact) mass is 375 g/mol. The molecule has 1 atom stereocenters. The molecule has 1 N–H and O–H groups in total. The first kappa shape index (κ1) is 18.3. The third-order valence-corrected chi connectivity index (χ3v) is 5.36. The van der Waals surface area contributed by atoms with Crippen molar-refractivity contribution in [1.82, 2.24) is 5.32 Å². The highest BCUT2D eigenvalue weighted by molar-refractivity contribution is 7.90. The highest BCUT2D eigenvalue weighted by Crippen LogP contribution is 2.31. The van der Waals surface area contributed by atoms with Crippen LogP contribution < -0.4 is 14.8 Å². The van der Waals surface area contributed by atoms with Crippen LogP contribution in [0.2, 0.25) is 0 Å². The molecule has 0 bridgehead atoms. The number of ether oxygens (including phenoxy) is 2. The number of carbonyl (C=O) groups excluding carboxylic acids is 1. The predicted molar refractivity (Wildman–Crippen MR) is 97.5 cm³/mol. The van der Waals surface area contributed by atoms with Gasteiger partial charge < -0.3 is 14.8 Å². The molecule has 2 aromatic rings. The van der Waals surface area contributed by atoms with Crippen LogP contribution in [0.25, 0.3) is 0 Å². The van der Waals surface area contributed by atoms with Gasteiger partial charge in [0.15, 0.2) is 21.3 Å². The van der Waals surface area contributed by atoms with Crippen molar-refractivity contribution in [3.8, 4) is 11.5 Å². The molecule has 0 unspecified atom stereocenters. The second kappa shape index (κ2) is 7.37. The standard InChI is InChI=1S/C19H21NO5S/c1-3-16(13-4-7-15(8-5-13)26(2,22)23)20-19(21)14-6-9-17-18(12-14)25-11-10-24-17/h4-9,12,16H,3,10-11H2,1-2H3,(H,20,21)/t16-/m0/s1. The van der Waals surface area contributed by atoms with E-state index in [1.165, 1.54) is 6.26 Å². The third kappa shape index (κ3) is 3.99. The number of nitrogens with one attached hydrogen (secondary N) is 1. The topological polar surface area (TPSA) is 81.7 Å². The van der Waals surface area contributed by atoms with Crippen molar-refractivity contribution >= 4 is 15.7 Å². The van der Waals surface area contributed by atoms with E-state index in [2.05, 4.69) is 5.32 Å². The number of carbonyl (C=O) groups is 1. The minimum absolute atomic E-state index is 0.218. The summed E-state index contributed by atoms with van der Waals surface area (Å²) in [6.45, 7) is 2.92. The van der Waals surface area contributed by atoms with Crippen LogP contribution in [-0.2, 0) is 9.84 Å². The summed E-state index contributed by atoms with van der Waals surface area (Å²) in [5.74, 6) is 0.978. The summed E-state index contributed by atoms with van der Waals surface area (Å²) in [5, 5.41) is 2.98. The summed E-state index contributed by atoms with van der Waals surface area (Å²) >= 11 is 0. The van der Waals surface area contributed by atoms with Crippen molar-refractivity contribution < 1.29 is 22.7 Å². The van der Waals surface area contributed by atoms with E-state index in [1.54, 1.807) is 42.5 Å². The number of hydrogen-bond acceptors (Lipinski definition) is 5. The molecule has 138 valence electrons. The Morgan fingerprint density at radius 2 is 1.73 bits per heavy atom. The van der Waals surface area contributed by atoms with Gasteiger partial charge in [-0.3, -0.25) is 4.79 Å². The van der Waals surface area contributed by atoms with Gasteiger partial charge in [-0.2, -0.15) is 0 Å². The fraction of sp³-hybridized carbons (Fsp3) is 0.316. The first-order valence-corrected chi connectivity index (χ1v) is 10.3. The largest absolute Gasteiger partial charge is 0.486 e. The van der Waals surface area contributed by atoms with Crippen LogP contribution >= 0.6 is 0 Å². The van der Waals surface area contributed by atoms with Gasteiger partial charge in [0.1, 0.15) is 13.2 Å². The quantitative estimate of drug-likeness (QED) is 0.869. The lowest BCUT2D eigenvalue weighted by Crippen LogP contribution is -2.28. The highest BCUT2D eigenvalue weighted by atomic mass is 32.2. The Bertz CT molecular complexity index is 906. The van der Waals surface area contributed by atoms with E-state index in [-0.39, 0.29) is 16.8 Å². The zero-order valence-corrected chi connectivity index (χ0v) is 15.5. The first-order chi connectivity index (χ1) is 12.4. The van der Waals surface area contributed by atoms with Crippen molar-refractivity contribution in [2.24, 2.45) is 0 Å². The normalized spacial score (nSPS) is 14.5. The number of sulfone groups is 1. The molecule has 1 aliphatic rings. The number of benzene rings is 2. The second-order valence-electron chi connectivity index (χ2n) is 6.13. The van der Waals surface area contributed by atoms with Crippen LogP contribution in [0, 0.1) is 0 Å². The van der Waals surface area contributed by atoms with E-state index in [0.717, 1.165) is 5.56 Å². The molecule has 0 aliphatic carbocycles. The summed E-state index contributed by atoms with van der Waals surface area (Å²) in [4.78, 5) is 12.9. The molecule has 0 radical (unpaired) electrons. The van der Waals surface area contributed by atoms with Gasteiger partial charge in [0.2, 0.25) is 0 Å². The summed E-state index contributed by atoms with van der Waals surface area (Å²) in [6, 6.07) is 11.5. The Kier molecular flexibility index (Phi) is 5.18. The average Bonchev–Trinajstić information content (AvgIpc) is 2.65. The smallest absolute Gasteiger partial charge is 0.251 e. The zero-order valence-electron chi connectivity index (χ0n) is 14.7. The maximum absolute atomic E-state index is 12.6. The van der Waals surface area contributed by atoms with Crippen LogP contribution in [0.1, 0.15) is 35.3 Å². The van der Waals surface area contributed by atoms with Crippen LogP contribution in [0.5, 0.6) is 11.5 Å². The van der Waals surface area contributed by atoms with Crippen molar-refractivity contribution in [3.05, 3.63) is 53.6 Å². The van der Waals surface area contributed by atoms with Crippen LogP contribution in [-0.4, -0.2) is 33.8 Å². The summed E-state index contributed by atoms with van der Waals surface area (Å²) in [7, 11) is -3.24. The predicted octanol–water partition coefficient (Wildman–Crippen LogP) is 2.74. The van der Waals surface area contributed by atoms with E-state index in [0.29, 0.717) is 36.7 Å². The van der Waals surface area contributed by atoms with Crippen molar-refractivity contribution in [2.75, 3.05) is 19.5 Å². The third-order valence-electron chi connectivity index (χ3n) is 4.23. The van der Waals surface area contributed by atoms with E-state index < -0.39 is 9.84 Å². The minimum atomic E-state index is -3.24. The first-order valence-electron chi connectivity index (χ1n) is 8.39. The summed E-state index contributed by atoms with van der Waals surface area (Å²) in [6.07, 6.45) is 1.84. The molecule has 0 saturated heterocycles. The van der Waals surface area contributed by atoms with Gasteiger partial charge in [0.25, 0.3) is 5.91 Å². The molecule has 6 nitrogen and oxygen atoms in total. The fourth-order valence-electron chi connectivity index (χ4n) is 2.79. The van der Waals surface area contributed by atoms with Crippen molar-refractivity contribution in [1.29, 1.82) is 0 Å². The molecule has 0 saturated carbocycles. The van der Waals surface area contributed by atoms with Crippen molar-refractivity contribution in [2.45, 2.75) is 24.3 Å². The fourth-order valence-corrected chi connectivity index (χ4v) is 3.43. The van der Waals surface area contributed by atoms with E-state index in [4.69, 9.17) is 9.47 Å². The Balaban J connectivity index is 1.76. The SMILES string of the molecule is CC[C@H](NC(=O)c1ccc2c(c1)OCCO2)c1ccc(S(C)(=O)=O)cc1. The molecule has 26 heavy (non-hydrogen) atoms. The Hall–Kier alpha value is -2.54. The molecule has 0 spiro atoms. The zero-order chi connectivity index (χ0) is 18.7. The van der Waals surface area contributed by atoms with Gasteiger partial charge in [-0.25, -0.2) is 8.42 Å². The molecule has 0 fully saturated rings. The Labute approximate surface area is 153 Å². The Morgan fingerprint density at radius 3 is 2.35 bits per heavy atom. The van der Waals surface area contributed by atoms with E-state index in [1.807, 2.05) is 6.92 Å². The summed E-state index contributed by atoms with van der Waals surface area (Å²) < 4.78 is 34.1. The molecule has 7 heteroatoms. The lowest BCUT2D eigenvalue weighted by Gasteiger charge is -2.20. The van der Waals surface area contributed by atoms with E-state index in [9.17, 15) is 13.2 Å². The van der Waals surface area contributed by atoms with Gasteiger partial charge in [-0.1, -0.05) is 19.1 Å². The van der Waals surface area contributed by atoms with Gasteiger partial charge in [0, 0.05) is 11.8 Å². The molecular weight excluding hydrogens is 354 g/mol. The maximum Gasteiger partial charge on any atom is 0.251 e. The number of amides is 1. The molecule has 2 aromatic carbocycles. The molecule has 0 aromatic heterocycles. The highest BCUT2D eigenvalue weighted by Gasteiger charge is 2.18. The Morgan fingerprint density at radius 1 is 1.08 bits per heavy atom. The van der Waals surface area contributed by atoms with E-state index >= 15 is 0 Å². The molecule has 1 amide bonds.